The van der Waals surface area contributed by atoms with Gasteiger partial charge >= 0.3 is 5.97 Å². The molecule has 1 atom stereocenters. The molecule has 1 aliphatic heterocycles. The van der Waals surface area contributed by atoms with E-state index in [4.69, 9.17) is 14.2 Å². The van der Waals surface area contributed by atoms with Crippen LogP contribution >= 0.6 is 11.3 Å². The number of hydrogen-bond acceptors (Lipinski definition) is 6. The summed E-state index contributed by atoms with van der Waals surface area (Å²) in [5, 5.41) is 3.44. The monoisotopic (exact) mass is 413 g/mol. The molecule has 0 unspecified atom stereocenters. The van der Waals surface area contributed by atoms with Gasteiger partial charge in [-0.1, -0.05) is 19.4 Å². The van der Waals surface area contributed by atoms with E-state index in [1.54, 1.807) is 6.08 Å². The summed E-state index contributed by atoms with van der Waals surface area (Å²) in [4.78, 5) is 26.1. The molecule has 0 saturated carbocycles. The molecule has 0 fully saturated rings. The summed E-state index contributed by atoms with van der Waals surface area (Å²) in [5.74, 6) is 1.30. The summed E-state index contributed by atoms with van der Waals surface area (Å²) in [6, 6.07) is 5.49. The molecular weight excluding hydrogens is 390 g/mol. The van der Waals surface area contributed by atoms with Gasteiger partial charge in [-0.05, 0) is 54.5 Å². The van der Waals surface area contributed by atoms with Crippen molar-refractivity contribution in [3.63, 3.8) is 0 Å². The average molecular weight is 413 g/mol. The molecule has 2 aromatic rings. The minimum absolute atomic E-state index is 0.210. The zero-order valence-corrected chi connectivity index (χ0v) is 17.3. The van der Waals surface area contributed by atoms with Crippen LogP contribution in [-0.4, -0.2) is 25.8 Å². The van der Waals surface area contributed by atoms with Gasteiger partial charge in [-0.15, -0.1) is 11.3 Å². The summed E-state index contributed by atoms with van der Waals surface area (Å²) in [6.45, 7) is 2.40. The third-order valence-electron chi connectivity index (χ3n) is 5.39. The number of amides is 1. The number of benzene rings is 1. The number of carbonyl (C=O) groups is 2. The van der Waals surface area contributed by atoms with Crippen LogP contribution in [0.1, 0.15) is 46.1 Å². The molecule has 1 aliphatic carbocycles. The lowest BCUT2D eigenvalue weighted by atomic mass is 9.86. The molecule has 2 aliphatic rings. The van der Waals surface area contributed by atoms with E-state index in [1.165, 1.54) is 29.4 Å². The van der Waals surface area contributed by atoms with E-state index in [1.807, 2.05) is 18.2 Å². The van der Waals surface area contributed by atoms with Gasteiger partial charge in [0, 0.05) is 11.0 Å². The molecule has 1 aromatic carbocycles. The number of carbonyl (C=O) groups excluding carboxylic acids is 2. The van der Waals surface area contributed by atoms with Crippen LogP contribution in [0, 0.1) is 5.92 Å². The maximum Gasteiger partial charge on any atom is 0.341 e. The van der Waals surface area contributed by atoms with Crippen molar-refractivity contribution >= 4 is 34.3 Å². The number of methoxy groups -OCH3 is 1. The van der Waals surface area contributed by atoms with Crippen LogP contribution in [0.25, 0.3) is 6.08 Å². The zero-order chi connectivity index (χ0) is 20.4. The highest BCUT2D eigenvalue weighted by molar-refractivity contribution is 7.17. The fourth-order valence-electron chi connectivity index (χ4n) is 3.75. The number of nitrogens with one attached hydrogen (secondary N) is 1. The molecule has 6 nitrogen and oxygen atoms in total. The van der Waals surface area contributed by atoms with Crippen LogP contribution in [0.15, 0.2) is 24.3 Å². The number of fused-ring (bicyclic) bond motifs is 2. The predicted octanol–water partition coefficient (Wildman–Crippen LogP) is 4.43. The molecule has 1 amide bonds. The largest absolute Gasteiger partial charge is 0.465 e. The first-order chi connectivity index (χ1) is 14.1. The average Bonchev–Trinajstić information content (AvgIpc) is 3.34. The molecule has 0 saturated heterocycles. The predicted molar refractivity (Wildman–Crippen MR) is 112 cm³/mol. The summed E-state index contributed by atoms with van der Waals surface area (Å²) >= 11 is 1.49. The Balaban J connectivity index is 1.53. The van der Waals surface area contributed by atoms with Gasteiger partial charge in [0.15, 0.2) is 11.5 Å². The van der Waals surface area contributed by atoms with Crippen LogP contribution in [0.4, 0.5) is 5.00 Å². The normalized spacial score (nSPS) is 17.2. The Kier molecular flexibility index (Phi) is 5.58. The Morgan fingerprint density at radius 1 is 1.31 bits per heavy atom. The van der Waals surface area contributed by atoms with E-state index in [0.717, 1.165) is 36.8 Å². The molecule has 2 heterocycles. The van der Waals surface area contributed by atoms with Crippen molar-refractivity contribution in [2.24, 2.45) is 5.92 Å². The van der Waals surface area contributed by atoms with E-state index in [0.29, 0.717) is 28.0 Å². The quantitative estimate of drug-likeness (QED) is 0.580. The highest BCUT2D eigenvalue weighted by Gasteiger charge is 2.29. The van der Waals surface area contributed by atoms with Crippen LogP contribution in [0.3, 0.4) is 0 Å². The fourth-order valence-corrected chi connectivity index (χ4v) is 5.10. The molecular formula is C22H23NO5S. The van der Waals surface area contributed by atoms with Crippen LogP contribution < -0.4 is 14.8 Å². The van der Waals surface area contributed by atoms with Crippen LogP contribution in [0.5, 0.6) is 11.5 Å². The molecule has 7 heteroatoms. The number of ether oxygens (including phenoxy) is 3. The summed E-state index contributed by atoms with van der Waals surface area (Å²) in [7, 11) is 1.37. The first-order valence-electron chi connectivity index (χ1n) is 9.70. The Labute approximate surface area is 173 Å². The first-order valence-corrected chi connectivity index (χ1v) is 10.5. The molecule has 0 spiro atoms. The highest BCUT2D eigenvalue weighted by Crippen LogP contribution is 2.40. The lowest BCUT2D eigenvalue weighted by molar-refractivity contribution is -0.111. The van der Waals surface area contributed by atoms with Crippen molar-refractivity contribution < 1.29 is 23.8 Å². The Morgan fingerprint density at radius 3 is 2.93 bits per heavy atom. The number of thiophene rings is 1. The smallest absolute Gasteiger partial charge is 0.341 e. The number of hydrogen-bond donors (Lipinski definition) is 1. The van der Waals surface area contributed by atoms with E-state index in [2.05, 4.69) is 12.2 Å². The third kappa shape index (κ3) is 4.00. The molecule has 152 valence electrons. The summed E-state index contributed by atoms with van der Waals surface area (Å²) in [5.41, 5.74) is 2.36. The standard InChI is InChI=1S/C22H23NO5S/c1-3-13-4-7-15-18(11-13)29-21(20(15)22(25)26-2)23-19(24)9-6-14-5-8-16-17(10-14)28-12-27-16/h5-6,8-10,13H,3-4,7,11-12H2,1-2H3,(H,23,24)/b9-6-/t13-/m1/s1. The summed E-state index contributed by atoms with van der Waals surface area (Å²) < 4.78 is 15.6. The molecule has 29 heavy (non-hydrogen) atoms. The van der Waals surface area contributed by atoms with E-state index < -0.39 is 5.97 Å². The number of rotatable bonds is 5. The van der Waals surface area contributed by atoms with Crippen molar-refractivity contribution in [1.82, 2.24) is 0 Å². The van der Waals surface area contributed by atoms with Crippen molar-refractivity contribution in [1.29, 1.82) is 0 Å². The Hall–Kier alpha value is -2.80. The van der Waals surface area contributed by atoms with E-state index >= 15 is 0 Å². The van der Waals surface area contributed by atoms with Crippen molar-refractivity contribution in [3.8, 4) is 11.5 Å². The highest BCUT2D eigenvalue weighted by atomic mass is 32.1. The minimum Gasteiger partial charge on any atom is -0.465 e. The van der Waals surface area contributed by atoms with E-state index in [-0.39, 0.29) is 12.7 Å². The lowest BCUT2D eigenvalue weighted by Crippen LogP contribution is -2.15. The first kappa shape index (κ1) is 19.5. The second kappa shape index (κ2) is 8.29. The van der Waals surface area contributed by atoms with Crippen LogP contribution in [0.2, 0.25) is 0 Å². The lowest BCUT2D eigenvalue weighted by Gasteiger charge is -2.20. The second-order valence-electron chi connectivity index (χ2n) is 7.15. The number of esters is 1. The van der Waals surface area contributed by atoms with Gasteiger partial charge < -0.3 is 19.5 Å². The Morgan fingerprint density at radius 2 is 2.14 bits per heavy atom. The molecule has 0 radical (unpaired) electrons. The van der Waals surface area contributed by atoms with Crippen LogP contribution in [-0.2, 0) is 22.4 Å². The van der Waals surface area contributed by atoms with E-state index in [9.17, 15) is 9.59 Å². The van der Waals surface area contributed by atoms with Gasteiger partial charge in [0.1, 0.15) is 5.00 Å². The number of anilines is 1. The van der Waals surface area contributed by atoms with Gasteiger partial charge in [-0.2, -0.15) is 0 Å². The molecule has 4 rings (SSSR count). The van der Waals surface area contributed by atoms with Crippen molar-refractivity contribution in [2.45, 2.75) is 32.6 Å². The van der Waals surface area contributed by atoms with Gasteiger partial charge in [-0.25, -0.2) is 4.79 Å². The van der Waals surface area contributed by atoms with Gasteiger partial charge in [0.05, 0.1) is 12.7 Å². The third-order valence-corrected chi connectivity index (χ3v) is 6.56. The topological polar surface area (TPSA) is 73.9 Å². The fraction of sp³-hybridized carbons (Fsp3) is 0.364. The molecule has 1 N–H and O–H groups in total. The second-order valence-corrected chi connectivity index (χ2v) is 8.26. The molecule has 0 bridgehead atoms. The maximum atomic E-state index is 12.5. The van der Waals surface area contributed by atoms with Crippen molar-refractivity contribution in [3.05, 3.63) is 45.8 Å². The summed E-state index contributed by atoms with van der Waals surface area (Å²) in [6.07, 6.45) is 7.12. The van der Waals surface area contributed by atoms with Gasteiger partial charge in [0.2, 0.25) is 12.7 Å². The maximum absolute atomic E-state index is 12.5. The SMILES string of the molecule is CC[C@@H]1CCc2c(sc(NC(=O)/C=C\c3ccc4c(c3)OCO4)c2C(=O)OC)C1. The van der Waals surface area contributed by atoms with Gasteiger partial charge in [-0.3, -0.25) is 4.79 Å². The minimum atomic E-state index is -0.396. The Bertz CT molecular complexity index is 978. The van der Waals surface area contributed by atoms with Crippen molar-refractivity contribution in [2.75, 3.05) is 19.2 Å². The zero-order valence-electron chi connectivity index (χ0n) is 16.4. The van der Waals surface area contributed by atoms with Gasteiger partial charge in [0.25, 0.3) is 0 Å². The molecule has 1 aromatic heterocycles.